The summed E-state index contributed by atoms with van der Waals surface area (Å²) < 4.78 is 5.33. The topological polar surface area (TPSA) is 45.7 Å². The van der Waals surface area contributed by atoms with Crippen LogP contribution >= 0.6 is 0 Å². The maximum atomic E-state index is 12.6. The molecule has 1 aliphatic rings. The number of likely N-dealkylation sites (N-methyl/N-ethyl adjacent to an activating group) is 1. The number of rotatable bonds is 4. The van der Waals surface area contributed by atoms with Crippen LogP contribution in [0, 0.1) is 0 Å². The molecule has 1 saturated heterocycles. The quantitative estimate of drug-likeness (QED) is 0.817. The lowest BCUT2D eigenvalue weighted by molar-refractivity contribution is -0.124. The van der Waals surface area contributed by atoms with Crippen LogP contribution in [0.1, 0.15) is 13.8 Å². The van der Waals surface area contributed by atoms with E-state index in [1.807, 2.05) is 30.9 Å². The second-order valence-electron chi connectivity index (χ2n) is 4.61. The number of hydrogen-bond acceptors (Lipinski definition) is 4. The molecule has 1 aromatic heterocycles. The fraction of sp³-hybridized carbons (Fsp3) is 0.571. The van der Waals surface area contributed by atoms with Crippen LogP contribution in [0.2, 0.25) is 0 Å². The van der Waals surface area contributed by atoms with Crippen LogP contribution in [0.15, 0.2) is 24.5 Å². The van der Waals surface area contributed by atoms with E-state index in [4.69, 9.17) is 4.74 Å². The molecular weight excluding hydrogens is 242 g/mol. The van der Waals surface area contributed by atoms with Gasteiger partial charge in [0.1, 0.15) is 0 Å². The summed E-state index contributed by atoms with van der Waals surface area (Å²) in [6, 6.07) is 3.62. The largest absolute Gasteiger partial charge is 0.379 e. The molecule has 2 rings (SSSR count). The Morgan fingerprint density at radius 2 is 2.05 bits per heavy atom. The molecule has 1 amide bonds. The van der Waals surface area contributed by atoms with Crippen molar-refractivity contribution >= 4 is 11.6 Å². The highest BCUT2D eigenvalue weighted by Crippen LogP contribution is 2.15. The van der Waals surface area contributed by atoms with Crippen LogP contribution in [-0.2, 0) is 9.53 Å². The van der Waals surface area contributed by atoms with Crippen molar-refractivity contribution in [2.24, 2.45) is 0 Å². The summed E-state index contributed by atoms with van der Waals surface area (Å²) in [5.41, 5.74) is 0.905. The molecule has 1 aliphatic heterocycles. The van der Waals surface area contributed by atoms with E-state index >= 15 is 0 Å². The monoisotopic (exact) mass is 263 g/mol. The van der Waals surface area contributed by atoms with Gasteiger partial charge in [-0.1, -0.05) is 0 Å². The molecule has 1 fully saturated rings. The minimum Gasteiger partial charge on any atom is -0.379 e. The van der Waals surface area contributed by atoms with Crippen LogP contribution in [0.3, 0.4) is 0 Å². The summed E-state index contributed by atoms with van der Waals surface area (Å²) in [5.74, 6) is 0.135. The Morgan fingerprint density at radius 3 is 2.63 bits per heavy atom. The maximum Gasteiger partial charge on any atom is 0.244 e. The summed E-state index contributed by atoms with van der Waals surface area (Å²) in [4.78, 5) is 20.6. The fourth-order valence-corrected chi connectivity index (χ4v) is 2.34. The molecule has 0 aromatic carbocycles. The lowest BCUT2D eigenvalue weighted by atomic mass is 10.2. The van der Waals surface area contributed by atoms with Crippen molar-refractivity contribution in [3.8, 4) is 0 Å². The van der Waals surface area contributed by atoms with E-state index in [0.29, 0.717) is 19.8 Å². The Kier molecular flexibility index (Phi) is 4.87. The normalized spacial score (nSPS) is 18.0. The van der Waals surface area contributed by atoms with Crippen LogP contribution in [0.5, 0.6) is 0 Å². The van der Waals surface area contributed by atoms with E-state index in [-0.39, 0.29) is 11.9 Å². The Bertz CT molecular complexity index is 404. The minimum atomic E-state index is -0.114. The number of carbonyl (C=O) groups is 1. The van der Waals surface area contributed by atoms with E-state index in [0.717, 1.165) is 18.8 Å². The zero-order chi connectivity index (χ0) is 13.7. The molecule has 0 N–H and O–H groups in total. The lowest BCUT2D eigenvalue weighted by Gasteiger charge is -2.34. The smallest absolute Gasteiger partial charge is 0.244 e. The first-order valence-corrected chi connectivity index (χ1v) is 6.77. The second kappa shape index (κ2) is 6.63. The fourth-order valence-electron chi connectivity index (χ4n) is 2.34. The molecule has 0 aliphatic carbocycles. The number of anilines is 1. The summed E-state index contributed by atoms with van der Waals surface area (Å²) in [6.07, 6.45) is 3.43. The Hall–Kier alpha value is -1.46. The zero-order valence-corrected chi connectivity index (χ0v) is 11.6. The first kappa shape index (κ1) is 14.0. The van der Waals surface area contributed by atoms with Gasteiger partial charge < -0.3 is 9.64 Å². The molecule has 0 saturated carbocycles. The van der Waals surface area contributed by atoms with Gasteiger partial charge in [0.05, 0.1) is 19.3 Å². The van der Waals surface area contributed by atoms with Crippen molar-refractivity contribution in [2.45, 2.75) is 19.9 Å². The summed E-state index contributed by atoms with van der Waals surface area (Å²) in [7, 11) is 0. The molecular formula is C14H21N3O2. The Labute approximate surface area is 114 Å². The minimum absolute atomic E-state index is 0.114. The molecule has 104 valence electrons. The van der Waals surface area contributed by atoms with Gasteiger partial charge in [0.2, 0.25) is 5.91 Å². The number of ether oxygens (including phenoxy) is 1. The van der Waals surface area contributed by atoms with Crippen molar-refractivity contribution in [3.63, 3.8) is 0 Å². The molecule has 0 spiro atoms. The molecule has 5 nitrogen and oxygen atoms in total. The molecule has 0 bridgehead atoms. The zero-order valence-electron chi connectivity index (χ0n) is 11.6. The van der Waals surface area contributed by atoms with E-state index in [2.05, 4.69) is 9.88 Å². The second-order valence-corrected chi connectivity index (χ2v) is 4.61. The summed E-state index contributed by atoms with van der Waals surface area (Å²) >= 11 is 0. The van der Waals surface area contributed by atoms with Crippen molar-refractivity contribution in [1.82, 2.24) is 9.88 Å². The first-order valence-electron chi connectivity index (χ1n) is 6.77. The van der Waals surface area contributed by atoms with Gasteiger partial charge in [-0.25, -0.2) is 0 Å². The number of amides is 1. The van der Waals surface area contributed by atoms with Crippen molar-refractivity contribution in [1.29, 1.82) is 0 Å². The molecule has 19 heavy (non-hydrogen) atoms. The SMILES string of the molecule is CCN(C(=O)C(C)N1CCOCC1)c1ccncc1. The molecule has 1 unspecified atom stereocenters. The Balaban J connectivity index is 2.07. The molecule has 0 radical (unpaired) electrons. The standard InChI is InChI=1S/C14H21N3O2/c1-3-17(13-4-6-15-7-5-13)14(18)12(2)16-8-10-19-11-9-16/h4-7,12H,3,8-11H2,1-2H3. The highest BCUT2D eigenvalue weighted by Gasteiger charge is 2.27. The number of pyridine rings is 1. The van der Waals surface area contributed by atoms with Crippen molar-refractivity contribution in [3.05, 3.63) is 24.5 Å². The highest BCUT2D eigenvalue weighted by atomic mass is 16.5. The van der Waals surface area contributed by atoms with Gasteiger partial charge in [0.25, 0.3) is 0 Å². The van der Waals surface area contributed by atoms with Gasteiger partial charge >= 0.3 is 0 Å². The molecule has 1 aromatic rings. The van der Waals surface area contributed by atoms with E-state index in [1.54, 1.807) is 12.4 Å². The predicted octanol–water partition coefficient (Wildman–Crippen LogP) is 1.16. The van der Waals surface area contributed by atoms with Gasteiger partial charge in [-0.2, -0.15) is 0 Å². The molecule has 2 heterocycles. The van der Waals surface area contributed by atoms with Gasteiger partial charge in [-0.05, 0) is 26.0 Å². The number of nitrogens with zero attached hydrogens (tertiary/aromatic N) is 3. The number of morpholine rings is 1. The number of aromatic nitrogens is 1. The highest BCUT2D eigenvalue weighted by molar-refractivity contribution is 5.96. The third-order valence-electron chi connectivity index (χ3n) is 3.51. The van der Waals surface area contributed by atoms with Crippen molar-refractivity contribution < 1.29 is 9.53 Å². The average Bonchev–Trinajstić information content (AvgIpc) is 2.49. The van der Waals surface area contributed by atoms with Gasteiger partial charge in [0, 0.05) is 37.7 Å². The summed E-state index contributed by atoms with van der Waals surface area (Å²) in [6.45, 7) is 7.68. The van der Waals surface area contributed by atoms with E-state index in [9.17, 15) is 4.79 Å². The number of hydrogen-bond donors (Lipinski definition) is 0. The third kappa shape index (κ3) is 3.30. The molecule has 5 heteroatoms. The van der Waals surface area contributed by atoms with Crippen LogP contribution in [-0.4, -0.2) is 54.7 Å². The predicted molar refractivity (Wildman–Crippen MR) is 74.1 cm³/mol. The van der Waals surface area contributed by atoms with Crippen molar-refractivity contribution in [2.75, 3.05) is 37.7 Å². The van der Waals surface area contributed by atoms with E-state index < -0.39 is 0 Å². The maximum absolute atomic E-state index is 12.6. The van der Waals surface area contributed by atoms with Gasteiger partial charge in [-0.3, -0.25) is 14.7 Å². The number of carbonyl (C=O) groups excluding carboxylic acids is 1. The molecule has 1 atom stereocenters. The van der Waals surface area contributed by atoms with Crippen LogP contribution < -0.4 is 4.90 Å². The lowest BCUT2D eigenvalue weighted by Crippen LogP contribution is -2.51. The third-order valence-corrected chi connectivity index (χ3v) is 3.51. The van der Waals surface area contributed by atoms with Crippen LogP contribution in [0.25, 0.3) is 0 Å². The average molecular weight is 263 g/mol. The summed E-state index contributed by atoms with van der Waals surface area (Å²) in [5, 5.41) is 0. The van der Waals surface area contributed by atoms with Gasteiger partial charge in [0.15, 0.2) is 0 Å². The van der Waals surface area contributed by atoms with Crippen LogP contribution in [0.4, 0.5) is 5.69 Å². The van der Waals surface area contributed by atoms with E-state index in [1.165, 1.54) is 0 Å². The van der Waals surface area contributed by atoms with Gasteiger partial charge in [-0.15, -0.1) is 0 Å². The first-order chi connectivity index (χ1) is 9.24. The Morgan fingerprint density at radius 1 is 1.42 bits per heavy atom.